The maximum atomic E-state index is 11.1. The molecule has 2 nitrogen and oxygen atoms in total. The van der Waals surface area contributed by atoms with E-state index in [-0.39, 0.29) is 5.91 Å². The molecule has 0 aliphatic rings. The molecular weight excluding hydrogens is 174 g/mol. The van der Waals surface area contributed by atoms with E-state index < -0.39 is 0 Å². The number of hydrogen-bond donors (Lipinski definition) is 1. The fourth-order valence-electron chi connectivity index (χ4n) is 0.968. The first kappa shape index (κ1) is 10.3. The van der Waals surface area contributed by atoms with Crippen molar-refractivity contribution in [2.75, 3.05) is 6.54 Å². The van der Waals surface area contributed by atoms with Crippen molar-refractivity contribution in [3.8, 4) is 0 Å². The van der Waals surface area contributed by atoms with Crippen LogP contribution in [0.25, 0.3) is 6.08 Å². The predicted molar refractivity (Wildman–Crippen MR) is 58.7 cm³/mol. The molecule has 1 amide bonds. The van der Waals surface area contributed by atoms with Gasteiger partial charge < -0.3 is 5.32 Å². The maximum absolute atomic E-state index is 11.1. The number of nitrogens with one attached hydrogen (secondary N) is 1. The van der Waals surface area contributed by atoms with Crippen LogP contribution >= 0.6 is 0 Å². The Hall–Kier alpha value is -1.83. The van der Waals surface area contributed by atoms with Gasteiger partial charge in [0.2, 0.25) is 5.91 Å². The molecule has 1 aromatic rings. The van der Waals surface area contributed by atoms with E-state index in [0.29, 0.717) is 6.54 Å². The maximum Gasteiger partial charge on any atom is 0.244 e. The van der Waals surface area contributed by atoms with Gasteiger partial charge in [-0.1, -0.05) is 36.4 Å². The molecule has 0 aliphatic heterocycles. The van der Waals surface area contributed by atoms with Gasteiger partial charge in [-0.2, -0.15) is 0 Å². The van der Waals surface area contributed by atoms with Crippen LogP contribution in [-0.2, 0) is 4.79 Å². The van der Waals surface area contributed by atoms with Crippen LogP contribution in [0.4, 0.5) is 0 Å². The minimum absolute atomic E-state index is 0.103. The summed E-state index contributed by atoms with van der Waals surface area (Å²) < 4.78 is 0. The quantitative estimate of drug-likeness (QED) is 0.567. The molecule has 0 saturated carbocycles. The number of amides is 1. The summed E-state index contributed by atoms with van der Waals surface area (Å²) in [7, 11) is 0. The Kier molecular flexibility index (Phi) is 4.21. The monoisotopic (exact) mass is 187 g/mol. The zero-order chi connectivity index (χ0) is 10.2. The summed E-state index contributed by atoms with van der Waals surface area (Å²) >= 11 is 0. The largest absolute Gasteiger partial charge is 0.349 e. The molecule has 14 heavy (non-hydrogen) atoms. The lowest BCUT2D eigenvalue weighted by Gasteiger charge is -1.95. The van der Waals surface area contributed by atoms with E-state index in [0.717, 1.165) is 5.56 Å². The van der Waals surface area contributed by atoms with Crippen LogP contribution < -0.4 is 5.32 Å². The molecule has 72 valence electrons. The molecule has 0 unspecified atom stereocenters. The van der Waals surface area contributed by atoms with Crippen molar-refractivity contribution in [1.82, 2.24) is 5.32 Å². The molecule has 0 bridgehead atoms. The Bertz CT molecular complexity index is 327. The van der Waals surface area contributed by atoms with Gasteiger partial charge >= 0.3 is 0 Å². The lowest BCUT2D eigenvalue weighted by molar-refractivity contribution is -0.116. The number of rotatable bonds is 4. The van der Waals surface area contributed by atoms with Crippen LogP contribution in [0.15, 0.2) is 49.1 Å². The fraction of sp³-hybridized carbons (Fsp3) is 0.0833. The fourth-order valence-corrected chi connectivity index (χ4v) is 0.968. The zero-order valence-electron chi connectivity index (χ0n) is 7.94. The molecule has 1 aromatic carbocycles. The minimum atomic E-state index is -0.103. The predicted octanol–water partition coefficient (Wildman–Crippen LogP) is 2.00. The molecule has 0 aromatic heterocycles. The van der Waals surface area contributed by atoms with Gasteiger partial charge in [0.25, 0.3) is 0 Å². The van der Waals surface area contributed by atoms with Crippen molar-refractivity contribution in [2.45, 2.75) is 0 Å². The first-order valence-electron chi connectivity index (χ1n) is 4.45. The standard InChI is InChI=1S/C12H13NO/c1-2-10-13-12(14)9-8-11-6-4-3-5-7-11/h2-9H,1,10H2,(H,13,14)/b9-8+. The Morgan fingerprint density at radius 1 is 1.36 bits per heavy atom. The average Bonchev–Trinajstić information content (AvgIpc) is 2.25. The van der Waals surface area contributed by atoms with E-state index in [1.165, 1.54) is 6.08 Å². The third-order valence-electron chi connectivity index (χ3n) is 1.65. The highest BCUT2D eigenvalue weighted by Crippen LogP contribution is 2.00. The highest BCUT2D eigenvalue weighted by molar-refractivity contribution is 5.91. The summed E-state index contributed by atoms with van der Waals surface area (Å²) in [5.41, 5.74) is 1.02. The van der Waals surface area contributed by atoms with E-state index in [1.807, 2.05) is 30.3 Å². The lowest BCUT2D eigenvalue weighted by atomic mass is 10.2. The van der Waals surface area contributed by atoms with Gasteiger partial charge in [-0.3, -0.25) is 4.79 Å². The molecule has 1 rings (SSSR count). The van der Waals surface area contributed by atoms with Crippen molar-refractivity contribution >= 4 is 12.0 Å². The third-order valence-corrected chi connectivity index (χ3v) is 1.65. The smallest absolute Gasteiger partial charge is 0.244 e. The van der Waals surface area contributed by atoms with Crippen LogP contribution in [0, 0.1) is 0 Å². The topological polar surface area (TPSA) is 29.1 Å². The Labute approximate surface area is 84.0 Å². The van der Waals surface area contributed by atoms with Crippen LogP contribution in [0.3, 0.4) is 0 Å². The van der Waals surface area contributed by atoms with Crippen molar-refractivity contribution < 1.29 is 4.79 Å². The molecule has 0 heterocycles. The van der Waals surface area contributed by atoms with Gasteiger partial charge in [-0.05, 0) is 11.6 Å². The molecule has 0 saturated heterocycles. The van der Waals surface area contributed by atoms with E-state index in [1.54, 1.807) is 12.2 Å². The molecule has 2 heteroatoms. The lowest BCUT2D eigenvalue weighted by Crippen LogP contribution is -2.20. The van der Waals surface area contributed by atoms with E-state index >= 15 is 0 Å². The van der Waals surface area contributed by atoms with Gasteiger partial charge in [0, 0.05) is 12.6 Å². The summed E-state index contributed by atoms with van der Waals surface area (Å²) in [6.45, 7) is 4.01. The Morgan fingerprint density at radius 3 is 2.71 bits per heavy atom. The molecule has 0 fully saturated rings. The highest BCUT2D eigenvalue weighted by Gasteiger charge is 1.90. The van der Waals surface area contributed by atoms with Crippen molar-refractivity contribution in [3.05, 3.63) is 54.6 Å². The van der Waals surface area contributed by atoms with Crippen molar-refractivity contribution in [1.29, 1.82) is 0 Å². The molecule has 0 radical (unpaired) electrons. The van der Waals surface area contributed by atoms with E-state index in [9.17, 15) is 4.79 Å². The first-order chi connectivity index (χ1) is 6.83. The van der Waals surface area contributed by atoms with E-state index in [4.69, 9.17) is 0 Å². The van der Waals surface area contributed by atoms with Crippen LogP contribution in [0.5, 0.6) is 0 Å². The molecular formula is C12H13NO. The highest BCUT2D eigenvalue weighted by atomic mass is 16.1. The minimum Gasteiger partial charge on any atom is -0.349 e. The Morgan fingerprint density at radius 2 is 2.07 bits per heavy atom. The summed E-state index contributed by atoms with van der Waals surface area (Å²) in [5.74, 6) is -0.103. The molecule has 0 spiro atoms. The SMILES string of the molecule is C=CCNC(=O)/C=C/c1ccccc1. The van der Waals surface area contributed by atoms with Gasteiger partial charge in [0.15, 0.2) is 0 Å². The number of carbonyl (C=O) groups is 1. The third kappa shape index (κ3) is 3.72. The zero-order valence-corrected chi connectivity index (χ0v) is 7.94. The van der Waals surface area contributed by atoms with Gasteiger partial charge in [-0.25, -0.2) is 0 Å². The molecule has 0 atom stereocenters. The van der Waals surface area contributed by atoms with Gasteiger partial charge in [0.05, 0.1) is 0 Å². The van der Waals surface area contributed by atoms with Crippen molar-refractivity contribution in [3.63, 3.8) is 0 Å². The number of hydrogen-bond acceptors (Lipinski definition) is 1. The second-order valence-corrected chi connectivity index (χ2v) is 2.78. The van der Waals surface area contributed by atoms with E-state index in [2.05, 4.69) is 11.9 Å². The summed E-state index contributed by atoms with van der Waals surface area (Å²) in [6.07, 6.45) is 4.94. The van der Waals surface area contributed by atoms with Gasteiger partial charge in [-0.15, -0.1) is 6.58 Å². The van der Waals surface area contributed by atoms with Crippen LogP contribution in [-0.4, -0.2) is 12.5 Å². The Balaban J connectivity index is 2.48. The van der Waals surface area contributed by atoms with Crippen molar-refractivity contribution in [2.24, 2.45) is 0 Å². The summed E-state index contributed by atoms with van der Waals surface area (Å²) in [5, 5.41) is 2.66. The average molecular weight is 187 g/mol. The van der Waals surface area contributed by atoms with Crippen LogP contribution in [0.1, 0.15) is 5.56 Å². The first-order valence-corrected chi connectivity index (χ1v) is 4.45. The second-order valence-electron chi connectivity index (χ2n) is 2.78. The van der Waals surface area contributed by atoms with Crippen LogP contribution in [0.2, 0.25) is 0 Å². The number of benzene rings is 1. The van der Waals surface area contributed by atoms with Gasteiger partial charge in [0.1, 0.15) is 0 Å². The second kappa shape index (κ2) is 5.75. The normalized spacial score (nSPS) is 10.0. The molecule has 1 N–H and O–H groups in total. The molecule has 0 aliphatic carbocycles. The summed E-state index contributed by atoms with van der Waals surface area (Å²) in [6, 6.07) is 9.69. The summed E-state index contributed by atoms with van der Waals surface area (Å²) in [4.78, 5) is 11.1. The number of carbonyl (C=O) groups excluding carboxylic acids is 1.